The molecule has 33 heavy (non-hydrogen) atoms. The Morgan fingerprint density at radius 3 is 2.39 bits per heavy atom. The third-order valence-electron chi connectivity index (χ3n) is 6.32. The topological polar surface area (TPSA) is 80.6 Å². The first-order chi connectivity index (χ1) is 15.9. The molecule has 0 radical (unpaired) electrons. The summed E-state index contributed by atoms with van der Waals surface area (Å²) >= 11 is 0. The summed E-state index contributed by atoms with van der Waals surface area (Å²) in [6, 6.07) is 14.2. The molecule has 0 aliphatic carbocycles. The van der Waals surface area contributed by atoms with Gasteiger partial charge in [0.05, 0.1) is 12.0 Å². The molecule has 1 saturated heterocycles. The van der Waals surface area contributed by atoms with Gasteiger partial charge in [-0.3, -0.25) is 4.79 Å². The lowest BCUT2D eigenvalue weighted by Crippen LogP contribution is -2.32. The Balaban J connectivity index is 1.48. The lowest BCUT2D eigenvalue weighted by molar-refractivity contribution is -0.123. The first kappa shape index (κ1) is 23.3. The van der Waals surface area contributed by atoms with Crippen LogP contribution in [0.5, 0.6) is 5.75 Å². The number of hydrogen-bond acceptors (Lipinski definition) is 4. The van der Waals surface area contributed by atoms with Crippen molar-refractivity contribution in [1.29, 1.82) is 0 Å². The molecule has 1 aliphatic rings. The number of nitrogens with one attached hydrogen (secondary N) is 1. The van der Waals surface area contributed by atoms with Gasteiger partial charge in [0.1, 0.15) is 11.8 Å². The molecule has 8 heteroatoms. The van der Waals surface area contributed by atoms with E-state index in [1.165, 1.54) is 0 Å². The SMILES string of the molecule is COc1ccc(CNC(=O)[C@@H](C)n2ccc3cc(S(=O)(=O)N4CCCCCC4)ccc32)cc1. The second-order valence-corrected chi connectivity index (χ2v) is 10.4. The van der Waals surface area contributed by atoms with Crippen LogP contribution in [0.2, 0.25) is 0 Å². The maximum absolute atomic E-state index is 13.1. The van der Waals surface area contributed by atoms with Crippen LogP contribution in [0.15, 0.2) is 59.6 Å². The monoisotopic (exact) mass is 469 g/mol. The highest BCUT2D eigenvalue weighted by Gasteiger charge is 2.26. The van der Waals surface area contributed by atoms with E-state index in [2.05, 4.69) is 5.32 Å². The van der Waals surface area contributed by atoms with Crippen molar-refractivity contribution in [2.24, 2.45) is 0 Å². The van der Waals surface area contributed by atoms with Crippen molar-refractivity contribution >= 4 is 26.8 Å². The summed E-state index contributed by atoms with van der Waals surface area (Å²) in [5, 5.41) is 3.78. The summed E-state index contributed by atoms with van der Waals surface area (Å²) < 4.78 is 34.9. The molecule has 0 bridgehead atoms. The number of fused-ring (bicyclic) bond motifs is 1. The molecule has 176 valence electrons. The van der Waals surface area contributed by atoms with Crippen LogP contribution >= 0.6 is 0 Å². The summed E-state index contributed by atoms with van der Waals surface area (Å²) in [5.41, 5.74) is 1.81. The number of carbonyl (C=O) groups excluding carboxylic acids is 1. The largest absolute Gasteiger partial charge is 0.497 e. The van der Waals surface area contributed by atoms with E-state index in [0.29, 0.717) is 24.5 Å². The molecule has 1 atom stereocenters. The lowest BCUT2D eigenvalue weighted by Gasteiger charge is -2.20. The van der Waals surface area contributed by atoms with Crippen molar-refractivity contribution < 1.29 is 17.9 Å². The smallest absolute Gasteiger partial charge is 0.243 e. The van der Waals surface area contributed by atoms with Crippen LogP contribution in [0, 0.1) is 0 Å². The Bertz CT molecular complexity index is 1210. The summed E-state index contributed by atoms with van der Waals surface area (Å²) in [7, 11) is -1.89. The molecule has 1 amide bonds. The number of benzene rings is 2. The molecule has 7 nitrogen and oxygen atoms in total. The number of carbonyl (C=O) groups is 1. The minimum atomic E-state index is -3.51. The van der Waals surface area contributed by atoms with E-state index in [1.807, 2.05) is 48.0 Å². The van der Waals surface area contributed by atoms with Crippen molar-refractivity contribution in [2.45, 2.75) is 50.1 Å². The fraction of sp³-hybridized carbons (Fsp3) is 0.400. The summed E-state index contributed by atoms with van der Waals surface area (Å²) in [5.74, 6) is 0.666. The van der Waals surface area contributed by atoms with Crippen molar-refractivity contribution in [3.8, 4) is 5.75 Å². The molecule has 0 unspecified atom stereocenters. The van der Waals surface area contributed by atoms with Gasteiger partial charge in [0, 0.05) is 36.7 Å². The highest BCUT2D eigenvalue weighted by molar-refractivity contribution is 7.89. The summed E-state index contributed by atoms with van der Waals surface area (Å²) in [6.07, 6.45) is 5.80. The number of ether oxygens (including phenoxy) is 1. The van der Waals surface area contributed by atoms with E-state index in [9.17, 15) is 13.2 Å². The van der Waals surface area contributed by atoms with E-state index in [0.717, 1.165) is 47.9 Å². The molecule has 2 heterocycles. The number of hydrogen-bond donors (Lipinski definition) is 1. The lowest BCUT2D eigenvalue weighted by atomic mass is 10.2. The number of rotatable bonds is 7. The minimum Gasteiger partial charge on any atom is -0.497 e. The predicted octanol–water partition coefficient (Wildman–Crippen LogP) is 4.09. The number of sulfonamides is 1. The van der Waals surface area contributed by atoms with Crippen molar-refractivity contribution in [3.63, 3.8) is 0 Å². The second kappa shape index (κ2) is 9.97. The minimum absolute atomic E-state index is 0.107. The normalized spacial score (nSPS) is 16.3. The predicted molar refractivity (Wildman–Crippen MR) is 129 cm³/mol. The maximum atomic E-state index is 13.1. The van der Waals surface area contributed by atoms with Crippen LogP contribution in [0.4, 0.5) is 0 Å². The van der Waals surface area contributed by atoms with Gasteiger partial charge < -0.3 is 14.6 Å². The van der Waals surface area contributed by atoms with Crippen LogP contribution in [0.1, 0.15) is 44.2 Å². The second-order valence-electron chi connectivity index (χ2n) is 8.50. The first-order valence-corrected chi connectivity index (χ1v) is 12.9. The van der Waals surface area contributed by atoms with E-state index >= 15 is 0 Å². The molecular formula is C25H31N3O4S. The van der Waals surface area contributed by atoms with Gasteiger partial charge >= 0.3 is 0 Å². The number of nitrogens with zero attached hydrogens (tertiary/aromatic N) is 2. The third-order valence-corrected chi connectivity index (χ3v) is 8.21. The molecule has 4 rings (SSSR count). The third kappa shape index (κ3) is 5.07. The average Bonchev–Trinajstić information content (AvgIpc) is 3.05. The van der Waals surface area contributed by atoms with Gasteiger partial charge in [-0.05, 0) is 61.7 Å². The van der Waals surface area contributed by atoms with Gasteiger partial charge in [0.15, 0.2) is 0 Å². The Kier molecular flexibility index (Phi) is 7.05. The van der Waals surface area contributed by atoms with Crippen LogP contribution < -0.4 is 10.1 Å². The van der Waals surface area contributed by atoms with Crippen LogP contribution in [0.25, 0.3) is 10.9 Å². The van der Waals surface area contributed by atoms with Crippen molar-refractivity contribution in [3.05, 3.63) is 60.3 Å². The molecule has 3 aromatic rings. The van der Waals surface area contributed by atoms with Crippen LogP contribution in [-0.4, -0.2) is 43.4 Å². The highest BCUT2D eigenvalue weighted by Crippen LogP contribution is 2.26. The van der Waals surface area contributed by atoms with Crippen molar-refractivity contribution in [1.82, 2.24) is 14.2 Å². The van der Waals surface area contributed by atoms with Gasteiger partial charge in [-0.1, -0.05) is 25.0 Å². The molecule has 2 aromatic carbocycles. The van der Waals surface area contributed by atoms with Gasteiger partial charge in [-0.15, -0.1) is 0 Å². The summed E-state index contributed by atoms with van der Waals surface area (Å²) in [4.78, 5) is 13.1. The van der Waals surface area contributed by atoms with Gasteiger partial charge in [0.2, 0.25) is 15.9 Å². The van der Waals surface area contributed by atoms with E-state index in [4.69, 9.17) is 4.74 Å². The van der Waals surface area contributed by atoms with Gasteiger partial charge in [0.25, 0.3) is 0 Å². The van der Waals surface area contributed by atoms with Gasteiger partial charge in [-0.2, -0.15) is 4.31 Å². The Morgan fingerprint density at radius 2 is 1.73 bits per heavy atom. The zero-order valence-corrected chi connectivity index (χ0v) is 20.0. The first-order valence-electron chi connectivity index (χ1n) is 11.4. The van der Waals surface area contributed by atoms with Crippen molar-refractivity contribution in [2.75, 3.05) is 20.2 Å². The number of aromatic nitrogens is 1. The fourth-order valence-corrected chi connectivity index (χ4v) is 5.83. The Labute approximate surface area is 195 Å². The molecule has 1 aliphatic heterocycles. The Hall–Kier alpha value is -2.84. The fourth-order valence-electron chi connectivity index (χ4n) is 4.28. The zero-order valence-electron chi connectivity index (χ0n) is 19.2. The van der Waals surface area contributed by atoms with Crippen LogP contribution in [0.3, 0.4) is 0 Å². The summed E-state index contributed by atoms with van der Waals surface area (Å²) in [6.45, 7) is 3.41. The molecule has 0 spiro atoms. The molecule has 1 fully saturated rings. The maximum Gasteiger partial charge on any atom is 0.243 e. The molecule has 0 saturated carbocycles. The average molecular weight is 470 g/mol. The van der Waals surface area contributed by atoms with Gasteiger partial charge in [-0.25, -0.2) is 8.42 Å². The molecule has 1 aromatic heterocycles. The standard InChI is InChI=1S/C25H31N3O4S/c1-19(25(29)26-18-20-7-9-22(32-2)10-8-20)28-16-13-21-17-23(11-12-24(21)28)33(30,31)27-14-5-3-4-6-15-27/h7-13,16-17,19H,3-6,14-15,18H2,1-2H3,(H,26,29)/t19-/m1/s1. The Morgan fingerprint density at radius 1 is 1.03 bits per heavy atom. The van der Waals surface area contributed by atoms with E-state index in [-0.39, 0.29) is 5.91 Å². The zero-order chi connectivity index (χ0) is 23.4. The van der Waals surface area contributed by atoms with E-state index < -0.39 is 16.1 Å². The molecular weight excluding hydrogens is 438 g/mol. The quantitative estimate of drug-likeness (QED) is 0.565. The number of methoxy groups -OCH3 is 1. The highest BCUT2D eigenvalue weighted by atomic mass is 32.2. The van der Waals surface area contributed by atoms with Crippen LogP contribution in [-0.2, 0) is 21.4 Å². The molecule has 1 N–H and O–H groups in total. The van der Waals surface area contributed by atoms with E-state index in [1.54, 1.807) is 29.6 Å². The number of amides is 1.